The molecule has 3 fully saturated rings. The molecule has 5 nitrogen and oxygen atoms in total. The normalized spacial score (nSPS) is 30.8. The summed E-state index contributed by atoms with van der Waals surface area (Å²) in [5.41, 5.74) is 0. The van der Waals surface area contributed by atoms with Crippen LogP contribution < -0.4 is 0 Å². The molecule has 40 heavy (non-hydrogen) atoms. The third-order valence-corrected chi connectivity index (χ3v) is 10.3. The van der Waals surface area contributed by atoms with Gasteiger partial charge in [0.1, 0.15) is 12.2 Å². The standard InChI is InChI=1S/C35H59NO4/c1-4-6-8-10-11-13-15-34(37)39-31-22-18-27(19-23-31)28-20-24-32(25-21-28)40-35(38)30-17-16-29(33(26-30)36-3)14-12-9-7-5-2/h27-33H,4-26H2,1-2H3. The van der Waals surface area contributed by atoms with Crippen LogP contribution in [-0.2, 0) is 19.1 Å². The Morgan fingerprint density at radius 1 is 0.675 bits per heavy atom. The average molecular weight is 558 g/mol. The molecule has 0 aliphatic heterocycles. The lowest BCUT2D eigenvalue weighted by Crippen LogP contribution is -2.35. The van der Waals surface area contributed by atoms with Crippen molar-refractivity contribution in [2.75, 3.05) is 0 Å². The van der Waals surface area contributed by atoms with Crippen LogP contribution in [0.1, 0.15) is 162 Å². The van der Waals surface area contributed by atoms with Crippen molar-refractivity contribution in [3.05, 3.63) is 11.4 Å². The minimum Gasteiger partial charge on any atom is -0.462 e. The van der Waals surface area contributed by atoms with E-state index in [1.54, 1.807) is 0 Å². The number of rotatable bonds is 16. The molecule has 0 aromatic carbocycles. The largest absolute Gasteiger partial charge is 0.462 e. The van der Waals surface area contributed by atoms with Crippen molar-refractivity contribution in [2.24, 2.45) is 23.7 Å². The fourth-order valence-electron chi connectivity index (χ4n) is 7.66. The topological polar surface area (TPSA) is 57.0 Å². The highest BCUT2D eigenvalue weighted by molar-refractivity contribution is 5.73. The Kier molecular flexibility index (Phi) is 15.5. The Hall–Kier alpha value is -1.57. The zero-order valence-corrected chi connectivity index (χ0v) is 25.9. The first kappa shape index (κ1) is 32.9. The molecule has 3 aliphatic rings. The molecule has 3 atom stereocenters. The van der Waals surface area contributed by atoms with Crippen molar-refractivity contribution in [2.45, 2.75) is 180 Å². The molecule has 0 spiro atoms. The van der Waals surface area contributed by atoms with Gasteiger partial charge in [-0.1, -0.05) is 71.6 Å². The molecular formula is C35H59NO4. The summed E-state index contributed by atoms with van der Waals surface area (Å²) in [6.07, 6.45) is 25.2. The molecule has 0 heterocycles. The second-order valence-electron chi connectivity index (χ2n) is 13.3. The molecule has 0 bridgehead atoms. The number of nitrogens with zero attached hydrogens (tertiary/aromatic N) is 1. The molecule has 0 saturated heterocycles. The SMILES string of the molecule is [C-]#[N+]C1CC(C(=O)OC2CCC(C3CCC(OC(=O)CCCCCCCC)CC3)CC2)CCC1CCCCCC. The van der Waals surface area contributed by atoms with Crippen molar-refractivity contribution >= 4 is 11.9 Å². The van der Waals surface area contributed by atoms with E-state index in [1.807, 2.05) is 0 Å². The lowest BCUT2D eigenvalue weighted by molar-refractivity contribution is -0.158. The Bertz CT molecular complexity index is 760. The van der Waals surface area contributed by atoms with Gasteiger partial charge in [-0.3, -0.25) is 9.59 Å². The first-order valence-corrected chi connectivity index (χ1v) is 17.3. The lowest BCUT2D eigenvalue weighted by atomic mass is 9.72. The predicted molar refractivity (Wildman–Crippen MR) is 162 cm³/mol. The van der Waals surface area contributed by atoms with E-state index < -0.39 is 0 Å². The summed E-state index contributed by atoms with van der Waals surface area (Å²) in [5.74, 6) is 1.78. The minimum absolute atomic E-state index is 0.00412. The van der Waals surface area contributed by atoms with E-state index in [9.17, 15) is 9.59 Å². The fraction of sp³-hybridized carbons (Fsp3) is 0.914. The van der Waals surface area contributed by atoms with Crippen LogP contribution in [0.15, 0.2) is 0 Å². The number of carbonyl (C=O) groups is 2. The molecule has 0 amide bonds. The van der Waals surface area contributed by atoms with Gasteiger partial charge in [0, 0.05) is 18.8 Å². The van der Waals surface area contributed by atoms with E-state index in [4.69, 9.17) is 16.0 Å². The van der Waals surface area contributed by atoms with E-state index in [0.717, 1.165) is 89.4 Å². The van der Waals surface area contributed by atoms with Crippen molar-refractivity contribution in [1.29, 1.82) is 0 Å². The van der Waals surface area contributed by atoms with Gasteiger partial charge in [-0.25, -0.2) is 6.57 Å². The summed E-state index contributed by atoms with van der Waals surface area (Å²) in [4.78, 5) is 29.2. The Morgan fingerprint density at radius 3 is 1.82 bits per heavy atom. The van der Waals surface area contributed by atoms with Gasteiger partial charge < -0.3 is 14.3 Å². The lowest BCUT2D eigenvalue weighted by Gasteiger charge is -2.37. The molecule has 0 aromatic rings. The van der Waals surface area contributed by atoms with Gasteiger partial charge in [0.15, 0.2) is 0 Å². The number of carbonyl (C=O) groups excluding carboxylic acids is 2. The third kappa shape index (κ3) is 11.4. The monoisotopic (exact) mass is 557 g/mol. The summed E-state index contributed by atoms with van der Waals surface area (Å²) in [6, 6.07) is -0.00591. The number of hydrogen-bond acceptors (Lipinski definition) is 4. The van der Waals surface area contributed by atoms with Crippen molar-refractivity contribution < 1.29 is 19.1 Å². The molecule has 0 radical (unpaired) electrons. The molecule has 3 saturated carbocycles. The number of unbranched alkanes of at least 4 members (excludes halogenated alkanes) is 8. The average Bonchev–Trinajstić information content (AvgIpc) is 2.98. The van der Waals surface area contributed by atoms with Crippen LogP contribution in [0, 0.1) is 30.2 Å². The highest BCUT2D eigenvalue weighted by atomic mass is 16.5. The van der Waals surface area contributed by atoms with Gasteiger partial charge >= 0.3 is 11.9 Å². The zero-order chi connectivity index (χ0) is 28.6. The molecular weight excluding hydrogens is 498 g/mol. The van der Waals surface area contributed by atoms with E-state index >= 15 is 0 Å². The van der Waals surface area contributed by atoms with Crippen LogP contribution in [-0.4, -0.2) is 30.2 Å². The molecule has 5 heteroatoms. The van der Waals surface area contributed by atoms with Gasteiger partial charge in [-0.05, 0) is 88.9 Å². The van der Waals surface area contributed by atoms with Crippen LogP contribution in [0.4, 0.5) is 0 Å². The first-order chi connectivity index (χ1) is 19.5. The minimum atomic E-state index is -0.0808. The smallest absolute Gasteiger partial charge is 0.309 e. The highest BCUT2D eigenvalue weighted by Crippen LogP contribution is 2.41. The summed E-state index contributed by atoms with van der Waals surface area (Å²) in [7, 11) is 0. The van der Waals surface area contributed by atoms with Crippen LogP contribution in [0.3, 0.4) is 0 Å². The maximum atomic E-state index is 13.0. The Labute approximate surface area is 245 Å². The summed E-state index contributed by atoms with van der Waals surface area (Å²) in [5, 5.41) is 0. The van der Waals surface area contributed by atoms with Gasteiger partial charge in [0.05, 0.1) is 5.92 Å². The molecule has 3 rings (SSSR count). The second kappa shape index (κ2) is 18.8. The number of ether oxygens (including phenoxy) is 2. The van der Waals surface area contributed by atoms with E-state index in [2.05, 4.69) is 18.7 Å². The van der Waals surface area contributed by atoms with Gasteiger partial charge in [0.25, 0.3) is 0 Å². The van der Waals surface area contributed by atoms with Crippen LogP contribution >= 0.6 is 0 Å². The van der Waals surface area contributed by atoms with E-state index in [-0.39, 0.29) is 36.1 Å². The second-order valence-corrected chi connectivity index (χ2v) is 13.3. The Morgan fingerprint density at radius 2 is 1.23 bits per heavy atom. The molecule has 3 unspecified atom stereocenters. The van der Waals surface area contributed by atoms with Crippen molar-refractivity contribution in [1.82, 2.24) is 0 Å². The van der Waals surface area contributed by atoms with Crippen LogP contribution in [0.2, 0.25) is 0 Å². The van der Waals surface area contributed by atoms with Crippen molar-refractivity contribution in [3.63, 3.8) is 0 Å². The highest BCUT2D eigenvalue weighted by Gasteiger charge is 2.39. The third-order valence-electron chi connectivity index (χ3n) is 10.3. The van der Waals surface area contributed by atoms with E-state index in [1.165, 1.54) is 51.4 Å². The van der Waals surface area contributed by atoms with Crippen LogP contribution in [0.5, 0.6) is 0 Å². The van der Waals surface area contributed by atoms with Crippen molar-refractivity contribution in [3.8, 4) is 0 Å². The quantitative estimate of drug-likeness (QED) is 0.108. The first-order valence-electron chi connectivity index (χ1n) is 17.3. The predicted octanol–water partition coefficient (Wildman–Crippen LogP) is 9.62. The molecule has 3 aliphatic carbocycles. The molecule has 0 N–H and O–H groups in total. The zero-order valence-electron chi connectivity index (χ0n) is 25.9. The van der Waals surface area contributed by atoms with Gasteiger partial charge in [0.2, 0.25) is 6.04 Å². The summed E-state index contributed by atoms with van der Waals surface area (Å²) in [6.45, 7) is 12.2. The summed E-state index contributed by atoms with van der Waals surface area (Å²) < 4.78 is 11.8. The summed E-state index contributed by atoms with van der Waals surface area (Å²) >= 11 is 0. The number of esters is 2. The maximum absolute atomic E-state index is 13.0. The number of hydrogen-bond donors (Lipinski definition) is 0. The fourth-order valence-corrected chi connectivity index (χ4v) is 7.66. The molecule has 0 aromatic heterocycles. The Balaban J connectivity index is 1.28. The van der Waals surface area contributed by atoms with Gasteiger partial charge in [-0.2, -0.15) is 0 Å². The molecule has 228 valence electrons. The van der Waals surface area contributed by atoms with Crippen LogP contribution in [0.25, 0.3) is 4.85 Å². The van der Waals surface area contributed by atoms with E-state index in [0.29, 0.717) is 24.7 Å². The van der Waals surface area contributed by atoms with Gasteiger partial charge in [-0.15, -0.1) is 0 Å². The maximum Gasteiger partial charge on any atom is 0.309 e.